The smallest absolute Gasteiger partial charge is 0.273 e. The third-order valence-electron chi connectivity index (χ3n) is 6.59. The van der Waals surface area contributed by atoms with Gasteiger partial charge in [0.2, 0.25) is 5.91 Å². The first-order chi connectivity index (χ1) is 17.1. The number of benzene rings is 2. The van der Waals surface area contributed by atoms with Crippen LogP contribution in [-0.2, 0) is 11.3 Å². The molecule has 0 spiro atoms. The van der Waals surface area contributed by atoms with E-state index in [1.807, 2.05) is 20.8 Å². The maximum Gasteiger partial charge on any atom is 0.273 e. The van der Waals surface area contributed by atoms with Crippen LogP contribution in [0.15, 0.2) is 42.5 Å². The Balaban J connectivity index is 1.58. The molecule has 1 saturated carbocycles. The number of rotatable bonds is 8. The van der Waals surface area contributed by atoms with Gasteiger partial charge in [0.1, 0.15) is 11.9 Å². The van der Waals surface area contributed by atoms with Crippen LogP contribution in [0.5, 0.6) is 0 Å². The Labute approximate surface area is 209 Å². The Bertz CT molecular complexity index is 1320. The van der Waals surface area contributed by atoms with Gasteiger partial charge in [-0.1, -0.05) is 32.9 Å². The average Bonchev–Trinajstić information content (AvgIpc) is 3.53. The van der Waals surface area contributed by atoms with Crippen molar-refractivity contribution in [3.8, 4) is 6.07 Å². The van der Waals surface area contributed by atoms with E-state index in [0.717, 1.165) is 12.0 Å². The summed E-state index contributed by atoms with van der Waals surface area (Å²) in [5, 5.41) is 28.9. The monoisotopic (exact) mass is 491 g/mol. The number of amides is 2. The first-order valence-corrected chi connectivity index (χ1v) is 11.9. The van der Waals surface area contributed by atoms with Crippen LogP contribution in [0.1, 0.15) is 48.8 Å². The molecule has 1 aliphatic carbocycles. The summed E-state index contributed by atoms with van der Waals surface area (Å²) in [6.07, 6.45) is 0.878. The molecule has 0 unspecified atom stereocenters. The van der Waals surface area contributed by atoms with Gasteiger partial charge < -0.3 is 15.7 Å². The largest absolute Gasteiger partial charge is 0.396 e. The summed E-state index contributed by atoms with van der Waals surface area (Å²) < 4.78 is 15.6. The maximum absolute atomic E-state index is 14.1. The molecule has 3 N–H and O–H groups in total. The van der Waals surface area contributed by atoms with E-state index in [2.05, 4.69) is 21.8 Å². The van der Waals surface area contributed by atoms with Gasteiger partial charge >= 0.3 is 0 Å². The molecule has 188 valence electrons. The minimum atomic E-state index is -0.824. The highest BCUT2D eigenvalue weighted by atomic mass is 19.1. The second-order valence-electron chi connectivity index (χ2n) is 10.4. The standard InChI is InChI=1S/C27H30FN5O3/c1-27(2,3)24(26(36)30-13-18-10-19(18)15-34)31-25(35)23-21-9-8-20(28)11-22(21)33(32-23)14-17-6-4-16(12-29)5-7-17/h4-9,11,18-19,24,34H,10,13-15H2,1-3H3,(H,30,36)(H,31,35)/t18-,19-,24-/m1/s1. The molecule has 0 saturated heterocycles. The summed E-state index contributed by atoms with van der Waals surface area (Å²) in [7, 11) is 0. The number of carbonyl (C=O) groups is 2. The van der Waals surface area contributed by atoms with Crippen molar-refractivity contribution in [3.05, 3.63) is 65.1 Å². The van der Waals surface area contributed by atoms with Crippen LogP contribution in [0.2, 0.25) is 0 Å². The number of aromatic nitrogens is 2. The van der Waals surface area contributed by atoms with Gasteiger partial charge in [-0.25, -0.2) is 4.39 Å². The molecule has 36 heavy (non-hydrogen) atoms. The summed E-state index contributed by atoms with van der Waals surface area (Å²) in [4.78, 5) is 26.4. The van der Waals surface area contributed by atoms with Gasteiger partial charge in [0.25, 0.3) is 5.91 Å². The van der Waals surface area contributed by atoms with Crippen molar-refractivity contribution in [1.29, 1.82) is 5.26 Å². The van der Waals surface area contributed by atoms with Gasteiger partial charge in [-0.05, 0) is 59.6 Å². The van der Waals surface area contributed by atoms with E-state index in [9.17, 15) is 19.1 Å². The number of aliphatic hydroxyl groups excluding tert-OH is 1. The lowest BCUT2D eigenvalue weighted by atomic mass is 9.86. The molecule has 1 aromatic heterocycles. The Morgan fingerprint density at radius 3 is 2.56 bits per heavy atom. The van der Waals surface area contributed by atoms with Gasteiger partial charge in [0, 0.05) is 18.5 Å². The zero-order valence-corrected chi connectivity index (χ0v) is 20.6. The predicted octanol–water partition coefficient (Wildman–Crippen LogP) is 2.98. The fraction of sp³-hybridized carbons (Fsp3) is 0.407. The number of carbonyl (C=O) groups excluding carboxylic acids is 2. The minimum Gasteiger partial charge on any atom is -0.396 e. The number of fused-ring (bicyclic) bond motifs is 1. The molecule has 1 fully saturated rings. The lowest BCUT2D eigenvalue weighted by molar-refractivity contribution is -0.125. The molecular formula is C27H30FN5O3. The average molecular weight is 492 g/mol. The van der Waals surface area contributed by atoms with E-state index < -0.39 is 23.2 Å². The zero-order chi connectivity index (χ0) is 26.0. The molecule has 2 aromatic carbocycles. The lowest BCUT2D eigenvalue weighted by Crippen LogP contribution is -2.54. The van der Waals surface area contributed by atoms with Crippen LogP contribution in [0.3, 0.4) is 0 Å². The van der Waals surface area contributed by atoms with Gasteiger partial charge in [-0.3, -0.25) is 14.3 Å². The second-order valence-corrected chi connectivity index (χ2v) is 10.4. The summed E-state index contributed by atoms with van der Waals surface area (Å²) in [6, 6.07) is 12.3. The van der Waals surface area contributed by atoms with E-state index in [-0.39, 0.29) is 36.6 Å². The van der Waals surface area contributed by atoms with Gasteiger partial charge in [-0.2, -0.15) is 10.4 Å². The van der Waals surface area contributed by atoms with Crippen LogP contribution in [-0.4, -0.2) is 45.9 Å². The Morgan fingerprint density at radius 2 is 1.94 bits per heavy atom. The number of halogens is 1. The molecular weight excluding hydrogens is 461 g/mol. The quantitative estimate of drug-likeness (QED) is 0.448. The third kappa shape index (κ3) is 5.55. The highest BCUT2D eigenvalue weighted by Crippen LogP contribution is 2.37. The van der Waals surface area contributed by atoms with Crippen LogP contribution in [0, 0.1) is 34.4 Å². The summed E-state index contributed by atoms with van der Waals surface area (Å²) in [5.41, 5.74) is 1.33. The highest BCUT2D eigenvalue weighted by molar-refractivity contribution is 6.06. The van der Waals surface area contributed by atoms with Gasteiger partial charge in [-0.15, -0.1) is 0 Å². The van der Waals surface area contributed by atoms with E-state index in [1.165, 1.54) is 18.2 Å². The number of nitrogens with zero attached hydrogens (tertiary/aromatic N) is 3. The number of hydrogen-bond donors (Lipinski definition) is 3. The van der Waals surface area contributed by atoms with Crippen molar-refractivity contribution in [2.45, 2.75) is 39.8 Å². The van der Waals surface area contributed by atoms with Crippen molar-refractivity contribution in [3.63, 3.8) is 0 Å². The van der Waals surface area contributed by atoms with Crippen molar-refractivity contribution in [2.75, 3.05) is 13.2 Å². The minimum absolute atomic E-state index is 0.100. The number of aliphatic hydroxyl groups is 1. The molecule has 2 amide bonds. The Hall–Kier alpha value is -3.77. The number of hydrogen-bond acceptors (Lipinski definition) is 5. The molecule has 3 atom stereocenters. The van der Waals surface area contributed by atoms with Crippen molar-refractivity contribution in [1.82, 2.24) is 20.4 Å². The number of nitriles is 1. The van der Waals surface area contributed by atoms with Gasteiger partial charge in [0.05, 0.1) is 23.7 Å². The summed E-state index contributed by atoms with van der Waals surface area (Å²) >= 11 is 0. The van der Waals surface area contributed by atoms with Crippen molar-refractivity contribution in [2.24, 2.45) is 17.3 Å². The Morgan fingerprint density at radius 1 is 1.22 bits per heavy atom. The van der Waals surface area contributed by atoms with Crippen molar-refractivity contribution >= 4 is 22.7 Å². The fourth-order valence-electron chi connectivity index (χ4n) is 4.29. The maximum atomic E-state index is 14.1. The first kappa shape index (κ1) is 25.3. The SMILES string of the molecule is CC(C)(C)[C@H](NC(=O)c1nn(Cc2ccc(C#N)cc2)c2cc(F)ccc12)C(=O)NC[C@H]1C[C@@H]1CO. The molecule has 0 radical (unpaired) electrons. The van der Waals surface area contributed by atoms with Crippen molar-refractivity contribution < 1.29 is 19.1 Å². The number of nitrogens with one attached hydrogen (secondary N) is 2. The molecule has 1 aliphatic rings. The molecule has 3 aromatic rings. The normalized spacial score (nSPS) is 17.9. The summed E-state index contributed by atoms with van der Waals surface area (Å²) in [5.74, 6) is -0.804. The van der Waals surface area contributed by atoms with Crippen LogP contribution in [0.4, 0.5) is 4.39 Å². The first-order valence-electron chi connectivity index (χ1n) is 11.9. The molecule has 1 heterocycles. The molecule has 0 aliphatic heterocycles. The van der Waals surface area contributed by atoms with E-state index >= 15 is 0 Å². The highest BCUT2D eigenvalue weighted by Gasteiger charge is 2.38. The van der Waals surface area contributed by atoms with Crippen LogP contribution in [0.25, 0.3) is 10.9 Å². The zero-order valence-electron chi connectivity index (χ0n) is 20.6. The molecule has 8 nitrogen and oxygen atoms in total. The van der Waals surface area contributed by atoms with Crippen LogP contribution < -0.4 is 10.6 Å². The van der Waals surface area contributed by atoms with Gasteiger partial charge in [0.15, 0.2) is 5.69 Å². The van der Waals surface area contributed by atoms with Crippen LogP contribution >= 0.6 is 0 Å². The lowest BCUT2D eigenvalue weighted by Gasteiger charge is -2.30. The second kappa shape index (κ2) is 10.1. The molecule has 4 rings (SSSR count). The fourth-order valence-corrected chi connectivity index (χ4v) is 4.29. The Kier molecular flexibility index (Phi) is 7.09. The van der Waals surface area contributed by atoms with E-state index in [1.54, 1.807) is 28.9 Å². The van der Waals surface area contributed by atoms with E-state index in [0.29, 0.717) is 23.0 Å². The topological polar surface area (TPSA) is 120 Å². The summed E-state index contributed by atoms with van der Waals surface area (Å²) in [6.45, 7) is 6.43. The van der Waals surface area contributed by atoms with E-state index in [4.69, 9.17) is 5.26 Å². The predicted molar refractivity (Wildman–Crippen MR) is 132 cm³/mol. The molecule has 9 heteroatoms. The third-order valence-corrected chi connectivity index (χ3v) is 6.59. The molecule has 0 bridgehead atoms.